The SMILES string of the molecule is O=C(CC1Sc2ncccc2CC1=O)NCc1cc(F)c(F)c(F)c1. The molecule has 1 atom stereocenters. The largest absolute Gasteiger partial charge is 0.352 e. The highest BCUT2D eigenvalue weighted by Crippen LogP contribution is 2.33. The van der Waals surface area contributed by atoms with Crippen LogP contribution in [0.25, 0.3) is 0 Å². The summed E-state index contributed by atoms with van der Waals surface area (Å²) in [7, 11) is 0. The predicted molar refractivity (Wildman–Crippen MR) is 85.4 cm³/mol. The molecule has 1 amide bonds. The molecule has 1 N–H and O–H groups in total. The Labute approximate surface area is 145 Å². The number of Topliss-reactive ketones (excluding diaryl/α,β-unsaturated/α-hetero) is 1. The molecule has 1 aliphatic rings. The van der Waals surface area contributed by atoms with Gasteiger partial charge in [-0.25, -0.2) is 18.2 Å². The maximum Gasteiger partial charge on any atom is 0.221 e. The smallest absolute Gasteiger partial charge is 0.221 e. The molecule has 1 unspecified atom stereocenters. The van der Waals surface area contributed by atoms with Crippen molar-refractivity contribution in [1.82, 2.24) is 10.3 Å². The molecule has 0 saturated carbocycles. The average Bonchev–Trinajstić information content (AvgIpc) is 2.58. The van der Waals surface area contributed by atoms with Crippen LogP contribution in [0.4, 0.5) is 13.2 Å². The molecule has 0 bridgehead atoms. The summed E-state index contributed by atoms with van der Waals surface area (Å²) in [5.41, 5.74) is 0.936. The summed E-state index contributed by atoms with van der Waals surface area (Å²) in [4.78, 5) is 28.3. The number of fused-ring (bicyclic) bond motifs is 1. The summed E-state index contributed by atoms with van der Waals surface area (Å²) in [5.74, 6) is -4.68. The van der Waals surface area contributed by atoms with Crippen molar-refractivity contribution in [3.8, 4) is 0 Å². The molecule has 2 heterocycles. The van der Waals surface area contributed by atoms with Crippen LogP contribution in [0.1, 0.15) is 17.5 Å². The fourth-order valence-corrected chi connectivity index (χ4v) is 3.61. The molecular formula is C17H13F3N2O2S. The zero-order valence-electron chi connectivity index (χ0n) is 12.9. The third-order valence-corrected chi connectivity index (χ3v) is 5.04. The molecule has 0 aliphatic carbocycles. The average molecular weight is 366 g/mol. The Morgan fingerprint density at radius 1 is 1.28 bits per heavy atom. The second-order valence-electron chi connectivity index (χ2n) is 5.57. The number of pyridine rings is 1. The minimum atomic E-state index is -1.55. The number of nitrogens with one attached hydrogen (secondary N) is 1. The van der Waals surface area contributed by atoms with E-state index in [2.05, 4.69) is 10.3 Å². The van der Waals surface area contributed by atoms with Crippen molar-refractivity contribution in [1.29, 1.82) is 0 Å². The number of hydrogen-bond donors (Lipinski definition) is 1. The molecule has 0 fully saturated rings. The Hall–Kier alpha value is -2.35. The first-order chi connectivity index (χ1) is 11.9. The van der Waals surface area contributed by atoms with Crippen molar-refractivity contribution >= 4 is 23.5 Å². The summed E-state index contributed by atoms with van der Waals surface area (Å²) in [5, 5.41) is 2.66. The van der Waals surface area contributed by atoms with Gasteiger partial charge in [0.15, 0.2) is 23.2 Å². The Morgan fingerprint density at radius 2 is 2.00 bits per heavy atom. The van der Waals surface area contributed by atoms with Gasteiger partial charge >= 0.3 is 0 Å². The molecule has 1 aromatic heterocycles. The van der Waals surface area contributed by atoms with E-state index < -0.39 is 28.6 Å². The topological polar surface area (TPSA) is 59.1 Å². The second kappa shape index (κ2) is 7.26. The maximum atomic E-state index is 13.1. The van der Waals surface area contributed by atoms with Crippen molar-refractivity contribution in [2.24, 2.45) is 0 Å². The third-order valence-electron chi connectivity index (χ3n) is 3.73. The molecule has 0 spiro atoms. The highest BCUT2D eigenvalue weighted by atomic mass is 32.2. The van der Waals surface area contributed by atoms with Crippen LogP contribution in [-0.4, -0.2) is 21.9 Å². The molecule has 25 heavy (non-hydrogen) atoms. The van der Waals surface area contributed by atoms with E-state index in [-0.39, 0.29) is 30.7 Å². The highest BCUT2D eigenvalue weighted by molar-refractivity contribution is 8.00. The van der Waals surface area contributed by atoms with Crippen LogP contribution in [0.15, 0.2) is 35.5 Å². The number of benzene rings is 1. The number of rotatable bonds is 4. The molecule has 0 radical (unpaired) electrons. The number of amides is 1. The Morgan fingerprint density at radius 3 is 2.72 bits per heavy atom. The minimum absolute atomic E-state index is 0.0638. The first-order valence-corrected chi connectivity index (χ1v) is 8.35. The van der Waals surface area contributed by atoms with Gasteiger partial charge in [-0.2, -0.15) is 0 Å². The number of ketones is 1. The summed E-state index contributed by atoms with van der Waals surface area (Å²) in [6.45, 7) is -0.159. The van der Waals surface area contributed by atoms with Crippen molar-refractivity contribution in [2.45, 2.75) is 29.7 Å². The number of aromatic nitrogens is 1. The van der Waals surface area contributed by atoms with Crippen LogP contribution in [0, 0.1) is 17.5 Å². The van der Waals surface area contributed by atoms with E-state index >= 15 is 0 Å². The van der Waals surface area contributed by atoms with E-state index in [0.29, 0.717) is 0 Å². The van der Waals surface area contributed by atoms with Crippen molar-refractivity contribution in [3.63, 3.8) is 0 Å². The van der Waals surface area contributed by atoms with Gasteiger partial charge < -0.3 is 5.32 Å². The molecule has 3 rings (SSSR count). The van der Waals surface area contributed by atoms with E-state index in [1.54, 1.807) is 12.3 Å². The molecule has 2 aromatic rings. The van der Waals surface area contributed by atoms with Gasteiger partial charge in [0.05, 0.1) is 5.25 Å². The van der Waals surface area contributed by atoms with Crippen molar-refractivity contribution in [3.05, 3.63) is 59.0 Å². The lowest BCUT2D eigenvalue weighted by Crippen LogP contribution is -2.32. The number of hydrogen-bond acceptors (Lipinski definition) is 4. The fourth-order valence-electron chi connectivity index (χ4n) is 2.47. The standard InChI is InChI=1S/C17H13F3N2O2S/c18-11-4-9(5-12(19)16(11)20)8-22-15(24)7-14-13(23)6-10-2-1-3-21-17(10)25-14/h1-5,14H,6-8H2,(H,22,24). The van der Waals surface area contributed by atoms with Gasteiger partial charge in [-0.1, -0.05) is 17.8 Å². The van der Waals surface area contributed by atoms with E-state index in [4.69, 9.17) is 0 Å². The summed E-state index contributed by atoms with van der Waals surface area (Å²) in [6, 6.07) is 5.21. The van der Waals surface area contributed by atoms with Gasteiger partial charge in [0.25, 0.3) is 0 Å². The first kappa shape index (κ1) is 17.5. The quantitative estimate of drug-likeness (QED) is 0.846. The second-order valence-corrected chi connectivity index (χ2v) is 6.76. The monoisotopic (exact) mass is 366 g/mol. The fraction of sp³-hybridized carbons (Fsp3) is 0.235. The normalized spacial score (nSPS) is 16.4. The molecule has 1 aliphatic heterocycles. The third kappa shape index (κ3) is 4.01. The van der Waals surface area contributed by atoms with Gasteiger partial charge in [0, 0.05) is 25.6 Å². The van der Waals surface area contributed by atoms with Crippen molar-refractivity contribution in [2.75, 3.05) is 0 Å². The number of carbonyl (C=O) groups excluding carboxylic acids is 2. The van der Waals surface area contributed by atoms with Gasteiger partial charge in [-0.3, -0.25) is 9.59 Å². The number of thioether (sulfide) groups is 1. The van der Waals surface area contributed by atoms with E-state index in [1.165, 1.54) is 11.8 Å². The van der Waals surface area contributed by atoms with E-state index in [0.717, 1.165) is 22.7 Å². The number of nitrogens with zero attached hydrogens (tertiary/aromatic N) is 1. The van der Waals surface area contributed by atoms with Crippen LogP contribution >= 0.6 is 11.8 Å². The van der Waals surface area contributed by atoms with E-state index in [1.807, 2.05) is 6.07 Å². The zero-order chi connectivity index (χ0) is 18.0. The van der Waals surface area contributed by atoms with Gasteiger partial charge in [-0.15, -0.1) is 0 Å². The minimum Gasteiger partial charge on any atom is -0.352 e. The van der Waals surface area contributed by atoms with Crippen LogP contribution in [0.2, 0.25) is 0 Å². The summed E-state index contributed by atoms with van der Waals surface area (Å²) < 4.78 is 39.2. The van der Waals surface area contributed by atoms with Crippen LogP contribution in [0.5, 0.6) is 0 Å². The lowest BCUT2D eigenvalue weighted by molar-refractivity contribution is -0.125. The molecule has 8 heteroatoms. The summed E-state index contributed by atoms with van der Waals surface area (Å²) in [6.07, 6.45) is 1.78. The zero-order valence-corrected chi connectivity index (χ0v) is 13.7. The van der Waals surface area contributed by atoms with Gasteiger partial charge in [-0.05, 0) is 29.3 Å². The van der Waals surface area contributed by atoms with Gasteiger partial charge in [0.2, 0.25) is 5.91 Å². The van der Waals surface area contributed by atoms with E-state index in [9.17, 15) is 22.8 Å². The number of carbonyl (C=O) groups is 2. The lowest BCUT2D eigenvalue weighted by Gasteiger charge is -2.21. The highest BCUT2D eigenvalue weighted by Gasteiger charge is 2.29. The maximum absolute atomic E-state index is 13.1. The summed E-state index contributed by atoms with van der Waals surface area (Å²) >= 11 is 1.23. The van der Waals surface area contributed by atoms with Crippen LogP contribution in [0.3, 0.4) is 0 Å². The molecular weight excluding hydrogens is 353 g/mol. The number of halogens is 3. The molecule has 130 valence electrons. The molecule has 4 nitrogen and oxygen atoms in total. The van der Waals surface area contributed by atoms with Gasteiger partial charge in [0.1, 0.15) is 5.03 Å². The predicted octanol–water partition coefficient (Wildman–Crippen LogP) is 2.79. The van der Waals surface area contributed by atoms with Crippen LogP contribution in [-0.2, 0) is 22.6 Å². The first-order valence-electron chi connectivity index (χ1n) is 7.47. The molecule has 1 aromatic carbocycles. The Kier molecular flexibility index (Phi) is 5.08. The van der Waals surface area contributed by atoms with Crippen molar-refractivity contribution < 1.29 is 22.8 Å². The Bertz CT molecular complexity index is 821. The van der Waals surface area contributed by atoms with Crippen LogP contribution < -0.4 is 5.32 Å². The molecule has 0 saturated heterocycles. The lowest BCUT2D eigenvalue weighted by atomic mass is 10.1. The Balaban J connectivity index is 1.59.